The van der Waals surface area contributed by atoms with Crippen molar-refractivity contribution in [2.24, 2.45) is 0 Å². The summed E-state index contributed by atoms with van der Waals surface area (Å²) in [7, 11) is 0. The van der Waals surface area contributed by atoms with E-state index in [0.717, 1.165) is 38.7 Å². The number of furan rings is 1. The molecule has 48 heavy (non-hydrogen) atoms. The van der Waals surface area contributed by atoms with Crippen LogP contribution in [0.4, 0.5) is 0 Å². The SMILES string of the molecule is c1ccc(-c2cc(-c3ccccc3)cc(-c3ccc(-n4c5ccccc5c5ccc6c7cc8ccccc8cc7oc6c54)cc3)c2)cc1. The molecule has 0 saturated heterocycles. The third-order valence-electron chi connectivity index (χ3n) is 9.75. The van der Waals surface area contributed by atoms with E-state index < -0.39 is 0 Å². The second-order valence-corrected chi connectivity index (χ2v) is 12.6. The maximum Gasteiger partial charge on any atom is 0.160 e. The van der Waals surface area contributed by atoms with Crippen LogP contribution in [-0.2, 0) is 0 Å². The first-order valence-corrected chi connectivity index (χ1v) is 16.4. The lowest BCUT2D eigenvalue weighted by molar-refractivity contribution is 0.671. The summed E-state index contributed by atoms with van der Waals surface area (Å²) >= 11 is 0. The first-order chi connectivity index (χ1) is 23.8. The Labute approximate surface area is 277 Å². The molecule has 2 nitrogen and oxygen atoms in total. The third-order valence-corrected chi connectivity index (χ3v) is 9.75. The Morgan fingerprint density at radius 3 is 1.56 bits per heavy atom. The van der Waals surface area contributed by atoms with Gasteiger partial charge in [-0.25, -0.2) is 0 Å². The third kappa shape index (κ3) is 4.20. The molecule has 224 valence electrons. The zero-order valence-corrected chi connectivity index (χ0v) is 26.1. The molecule has 10 rings (SSSR count). The van der Waals surface area contributed by atoms with Crippen LogP contribution in [0.2, 0.25) is 0 Å². The lowest BCUT2D eigenvalue weighted by Crippen LogP contribution is -1.94. The Hall–Kier alpha value is -6.38. The molecule has 0 fully saturated rings. The maximum atomic E-state index is 6.75. The Morgan fingerprint density at radius 2 is 0.896 bits per heavy atom. The molecule has 2 heterocycles. The van der Waals surface area contributed by atoms with Gasteiger partial charge in [-0.05, 0) is 98.8 Å². The predicted molar refractivity (Wildman–Crippen MR) is 202 cm³/mol. The van der Waals surface area contributed by atoms with Gasteiger partial charge in [0, 0.05) is 27.2 Å². The molecule has 2 aromatic heterocycles. The highest BCUT2D eigenvalue weighted by Crippen LogP contribution is 2.41. The van der Waals surface area contributed by atoms with E-state index in [1.807, 2.05) is 0 Å². The first-order valence-electron chi connectivity index (χ1n) is 16.4. The van der Waals surface area contributed by atoms with Crippen LogP contribution in [0.15, 0.2) is 180 Å². The predicted octanol–water partition coefficient (Wildman–Crippen LogP) is 12.8. The van der Waals surface area contributed by atoms with Gasteiger partial charge >= 0.3 is 0 Å². The minimum Gasteiger partial charge on any atom is -0.454 e. The van der Waals surface area contributed by atoms with E-state index in [4.69, 9.17) is 4.42 Å². The van der Waals surface area contributed by atoms with Gasteiger partial charge in [-0.2, -0.15) is 0 Å². The summed E-state index contributed by atoms with van der Waals surface area (Å²) in [5.41, 5.74) is 12.4. The van der Waals surface area contributed by atoms with Gasteiger partial charge < -0.3 is 8.98 Å². The lowest BCUT2D eigenvalue weighted by atomic mass is 9.93. The van der Waals surface area contributed by atoms with E-state index in [1.165, 1.54) is 54.9 Å². The van der Waals surface area contributed by atoms with Gasteiger partial charge in [0.25, 0.3) is 0 Å². The Morgan fingerprint density at radius 1 is 0.354 bits per heavy atom. The molecule has 0 amide bonds. The van der Waals surface area contributed by atoms with Gasteiger partial charge in [0.2, 0.25) is 0 Å². The molecule has 0 saturated carbocycles. The van der Waals surface area contributed by atoms with Crippen molar-refractivity contribution in [3.05, 3.63) is 176 Å². The monoisotopic (exact) mass is 611 g/mol. The van der Waals surface area contributed by atoms with Crippen LogP contribution in [-0.4, -0.2) is 4.57 Å². The summed E-state index contributed by atoms with van der Waals surface area (Å²) in [6.45, 7) is 0. The second kappa shape index (κ2) is 10.6. The van der Waals surface area contributed by atoms with Crippen molar-refractivity contribution < 1.29 is 4.42 Å². The zero-order valence-electron chi connectivity index (χ0n) is 26.1. The van der Waals surface area contributed by atoms with Crippen LogP contribution >= 0.6 is 0 Å². The van der Waals surface area contributed by atoms with Crippen LogP contribution < -0.4 is 0 Å². The fourth-order valence-electron chi connectivity index (χ4n) is 7.43. The lowest BCUT2D eigenvalue weighted by Gasteiger charge is -2.13. The highest BCUT2D eigenvalue weighted by molar-refractivity contribution is 6.22. The first kappa shape index (κ1) is 26.8. The van der Waals surface area contributed by atoms with Crippen molar-refractivity contribution in [2.45, 2.75) is 0 Å². The molecule has 0 N–H and O–H groups in total. The van der Waals surface area contributed by atoms with Gasteiger partial charge in [-0.1, -0.05) is 121 Å². The molecule has 0 bridgehead atoms. The molecule has 8 aromatic carbocycles. The highest BCUT2D eigenvalue weighted by atomic mass is 16.3. The Bertz CT molecular complexity index is 2750. The van der Waals surface area contributed by atoms with Crippen molar-refractivity contribution in [2.75, 3.05) is 0 Å². The number of benzene rings is 8. The average Bonchev–Trinajstić information content (AvgIpc) is 3.70. The Kier molecular flexibility index (Phi) is 5.91. The number of aromatic nitrogens is 1. The Balaban J connectivity index is 1.17. The minimum absolute atomic E-state index is 0.913. The standard InChI is InChI=1S/C46H29NO/c1-3-11-30(12-4-1)35-25-36(31-13-5-2-6-14-31)27-37(26-35)32-19-21-38(22-20-32)47-43-18-10-9-17-39(43)40-23-24-41-42-28-33-15-7-8-16-34(33)29-44(42)48-46(41)45(40)47/h1-29H. The van der Waals surface area contributed by atoms with E-state index in [1.54, 1.807) is 0 Å². The highest BCUT2D eigenvalue weighted by Gasteiger charge is 2.19. The number of fused-ring (bicyclic) bond motifs is 8. The van der Waals surface area contributed by atoms with Gasteiger partial charge in [-0.3, -0.25) is 0 Å². The molecule has 0 aliphatic rings. The fraction of sp³-hybridized carbons (Fsp3) is 0. The molecule has 10 aromatic rings. The van der Waals surface area contributed by atoms with Crippen LogP contribution in [0.25, 0.3) is 93.6 Å². The number of hydrogen-bond acceptors (Lipinski definition) is 1. The van der Waals surface area contributed by atoms with Crippen molar-refractivity contribution in [3.8, 4) is 39.1 Å². The zero-order chi connectivity index (χ0) is 31.6. The normalized spacial score (nSPS) is 11.8. The molecule has 2 heteroatoms. The number of nitrogens with zero attached hydrogens (tertiary/aromatic N) is 1. The van der Waals surface area contributed by atoms with Gasteiger partial charge in [0.05, 0.1) is 11.0 Å². The van der Waals surface area contributed by atoms with E-state index in [-0.39, 0.29) is 0 Å². The van der Waals surface area contributed by atoms with Crippen molar-refractivity contribution in [1.82, 2.24) is 4.57 Å². The molecule has 0 radical (unpaired) electrons. The van der Waals surface area contributed by atoms with Crippen LogP contribution in [0.1, 0.15) is 0 Å². The smallest absolute Gasteiger partial charge is 0.160 e. The minimum atomic E-state index is 0.913. The van der Waals surface area contributed by atoms with Gasteiger partial charge in [-0.15, -0.1) is 0 Å². The van der Waals surface area contributed by atoms with Crippen LogP contribution in [0, 0.1) is 0 Å². The van der Waals surface area contributed by atoms with Gasteiger partial charge in [0.1, 0.15) is 5.58 Å². The molecular weight excluding hydrogens is 583 g/mol. The van der Waals surface area contributed by atoms with Crippen molar-refractivity contribution in [1.29, 1.82) is 0 Å². The number of hydrogen-bond donors (Lipinski definition) is 0. The summed E-state index contributed by atoms with van der Waals surface area (Å²) < 4.78 is 9.12. The molecule has 0 spiro atoms. The van der Waals surface area contributed by atoms with Crippen molar-refractivity contribution >= 4 is 54.5 Å². The number of rotatable bonds is 4. The number of para-hydroxylation sites is 1. The van der Waals surface area contributed by atoms with E-state index in [9.17, 15) is 0 Å². The molecule has 0 unspecified atom stereocenters. The molecule has 0 atom stereocenters. The summed E-state index contributed by atoms with van der Waals surface area (Å²) in [5.74, 6) is 0. The summed E-state index contributed by atoms with van der Waals surface area (Å²) in [6, 6.07) is 63.2. The second-order valence-electron chi connectivity index (χ2n) is 12.6. The summed E-state index contributed by atoms with van der Waals surface area (Å²) in [5, 5.41) is 7.08. The average molecular weight is 612 g/mol. The summed E-state index contributed by atoms with van der Waals surface area (Å²) in [4.78, 5) is 0. The molecule has 0 aliphatic heterocycles. The van der Waals surface area contributed by atoms with Gasteiger partial charge in [0.15, 0.2) is 5.58 Å². The van der Waals surface area contributed by atoms with E-state index in [0.29, 0.717) is 0 Å². The van der Waals surface area contributed by atoms with Crippen molar-refractivity contribution in [3.63, 3.8) is 0 Å². The van der Waals surface area contributed by atoms with E-state index >= 15 is 0 Å². The molecule has 0 aliphatic carbocycles. The fourth-order valence-corrected chi connectivity index (χ4v) is 7.43. The van der Waals surface area contributed by atoms with Crippen LogP contribution in [0.5, 0.6) is 0 Å². The molecular formula is C46H29NO. The van der Waals surface area contributed by atoms with Crippen LogP contribution in [0.3, 0.4) is 0 Å². The maximum absolute atomic E-state index is 6.75. The topological polar surface area (TPSA) is 18.1 Å². The largest absolute Gasteiger partial charge is 0.454 e. The quantitative estimate of drug-likeness (QED) is 0.194. The summed E-state index contributed by atoms with van der Waals surface area (Å²) in [6.07, 6.45) is 0. The van der Waals surface area contributed by atoms with E-state index in [2.05, 4.69) is 180 Å².